The molecule has 0 amide bonds. The number of unbranched alkanes of at least 4 members (excludes halogenated alkanes) is 39. The summed E-state index contributed by atoms with van der Waals surface area (Å²) in [5, 5.41) is 10.6. The van der Waals surface area contributed by atoms with E-state index in [4.69, 9.17) is 37.0 Å². The van der Waals surface area contributed by atoms with Crippen molar-refractivity contribution in [2.45, 2.75) is 401 Å². The molecule has 0 heterocycles. The SMILES string of the molecule is CCCCCCCCCCCCCCCCCCC(=O)OC[C@H](COP(=O)(O)OC[C@@H](O)COP(=O)(O)OC[C@@H](COC(=O)CCCCCCCCC(C)CC)OC(=O)CCCCCCCCC(C)CC)OC(=O)CCCCCCCCCCCCCCCCCC(C)C. The Morgan fingerprint density at radius 3 is 0.809 bits per heavy atom. The largest absolute Gasteiger partial charge is 0.472 e. The van der Waals surface area contributed by atoms with Crippen LogP contribution >= 0.6 is 15.6 Å². The zero-order chi connectivity index (χ0) is 69.4. The van der Waals surface area contributed by atoms with Gasteiger partial charge >= 0.3 is 39.5 Å². The lowest BCUT2D eigenvalue weighted by Gasteiger charge is -2.21. The minimum Gasteiger partial charge on any atom is -0.462 e. The Labute approximate surface area is 575 Å². The minimum atomic E-state index is -4.96. The van der Waals surface area contributed by atoms with E-state index < -0.39 is 97.5 Å². The van der Waals surface area contributed by atoms with Gasteiger partial charge in [-0.15, -0.1) is 0 Å². The van der Waals surface area contributed by atoms with Crippen molar-refractivity contribution in [3.63, 3.8) is 0 Å². The molecule has 0 aliphatic heterocycles. The molecule has 17 nitrogen and oxygen atoms in total. The Morgan fingerprint density at radius 2 is 0.543 bits per heavy atom. The molecule has 0 spiro atoms. The van der Waals surface area contributed by atoms with Crippen LogP contribution in [0.15, 0.2) is 0 Å². The van der Waals surface area contributed by atoms with Crippen LogP contribution in [0.25, 0.3) is 0 Å². The average Bonchev–Trinajstić information content (AvgIpc) is 1.71. The molecule has 0 saturated carbocycles. The fourth-order valence-corrected chi connectivity index (χ4v) is 12.9. The molecule has 0 fully saturated rings. The van der Waals surface area contributed by atoms with E-state index in [9.17, 15) is 43.2 Å². The monoisotopic (exact) mass is 1380 g/mol. The van der Waals surface area contributed by atoms with E-state index in [1.54, 1.807) is 0 Å². The predicted octanol–water partition coefficient (Wildman–Crippen LogP) is 21.8. The second kappa shape index (κ2) is 65.7. The Hall–Kier alpha value is -1.94. The van der Waals surface area contributed by atoms with Crippen LogP contribution in [0, 0.1) is 17.8 Å². The fraction of sp³-hybridized carbons (Fsp3) is 0.947. The van der Waals surface area contributed by atoms with E-state index in [0.29, 0.717) is 25.7 Å². The molecule has 19 heteroatoms. The maximum Gasteiger partial charge on any atom is 0.472 e. The fourth-order valence-electron chi connectivity index (χ4n) is 11.4. The van der Waals surface area contributed by atoms with Crippen molar-refractivity contribution in [2.75, 3.05) is 39.6 Å². The van der Waals surface area contributed by atoms with Crippen LogP contribution < -0.4 is 0 Å². The van der Waals surface area contributed by atoms with Crippen molar-refractivity contribution in [2.24, 2.45) is 17.8 Å². The molecule has 4 unspecified atom stereocenters. The number of phosphoric ester groups is 2. The molecule has 3 N–H and O–H groups in total. The molecule has 0 aromatic heterocycles. The normalized spacial score (nSPS) is 14.7. The summed E-state index contributed by atoms with van der Waals surface area (Å²) in [5.74, 6) is 0.131. The summed E-state index contributed by atoms with van der Waals surface area (Å²) in [7, 11) is -9.91. The first kappa shape index (κ1) is 92.1. The molecule has 0 bridgehead atoms. The number of esters is 4. The molecule has 94 heavy (non-hydrogen) atoms. The van der Waals surface area contributed by atoms with Crippen LogP contribution in [-0.4, -0.2) is 96.7 Å². The Kier molecular flexibility index (Phi) is 64.3. The molecule has 0 saturated heterocycles. The number of phosphoric acid groups is 2. The van der Waals surface area contributed by atoms with Gasteiger partial charge in [-0.05, 0) is 43.4 Å². The van der Waals surface area contributed by atoms with E-state index in [1.165, 1.54) is 186 Å². The highest BCUT2D eigenvalue weighted by molar-refractivity contribution is 7.47. The quantitative estimate of drug-likeness (QED) is 0.0222. The molecule has 0 radical (unpaired) electrons. The first-order valence-corrected chi connectivity index (χ1v) is 41.9. The first-order chi connectivity index (χ1) is 45.3. The average molecular weight is 1380 g/mol. The van der Waals surface area contributed by atoms with Crippen molar-refractivity contribution >= 4 is 39.5 Å². The topological polar surface area (TPSA) is 237 Å². The van der Waals surface area contributed by atoms with Gasteiger partial charge in [0.25, 0.3) is 0 Å². The number of carbonyl (C=O) groups excluding carboxylic acids is 4. The van der Waals surface area contributed by atoms with Gasteiger partial charge in [-0.25, -0.2) is 9.13 Å². The van der Waals surface area contributed by atoms with E-state index in [-0.39, 0.29) is 25.7 Å². The number of aliphatic hydroxyl groups excluding tert-OH is 1. The molecular weight excluding hydrogens is 1230 g/mol. The standard InChI is InChI=1S/C75H146O17P2/c1-8-11-12-13-14-15-16-17-18-21-24-27-30-33-42-49-56-72(77)85-62-70(91-74(79)58-51-44-34-31-28-25-22-19-20-23-26-29-32-39-46-53-66(4)5)64-89-93(81,82)87-60-69(76)61-88-94(83,84)90-65-71(92-75(80)59-52-45-38-36-41-48-55-68(7)10-3)63-86-73(78)57-50-43-37-35-40-47-54-67(6)9-2/h66-71,76H,8-65H2,1-7H3,(H,81,82)(H,83,84)/t67?,68?,69-,70-,71-/m1/s1. The van der Waals surface area contributed by atoms with Gasteiger partial charge < -0.3 is 33.8 Å². The Morgan fingerprint density at radius 1 is 0.309 bits per heavy atom. The van der Waals surface area contributed by atoms with Crippen LogP contribution in [0.1, 0.15) is 382 Å². The van der Waals surface area contributed by atoms with Crippen molar-refractivity contribution < 1.29 is 80.2 Å². The van der Waals surface area contributed by atoms with Crippen LogP contribution in [0.3, 0.4) is 0 Å². The lowest BCUT2D eigenvalue weighted by atomic mass is 10.00. The zero-order valence-electron chi connectivity index (χ0n) is 61.4. The molecule has 0 rings (SSSR count). The van der Waals surface area contributed by atoms with Gasteiger partial charge in [0, 0.05) is 25.7 Å². The second-order valence-corrected chi connectivity index (χ2v) is 30.9. The summed E-state index contributed by atoms with van der Waals surface area (Å²) in [6.07, 6.45) is 51.4. The van der Waals surface area contributed by atoms with Gasteiger partial charge in [-0.1, -0.05) is 331 Å². The summed E-state index contributed by atoms with van der Waals surface area (Å²) in [6, 6.07) is 0. The summed E-state index contributed by atoms with van der Waals surface area (Å²) in [6.45, 7) is 11.8. The Bertz CT molecular complexity index is 1840. The van der Waals surface area contributed by atoms with E-state index in [0.717, 1.165) is 114 Å². The lowest BCUT2D eigenvalue weighted by molar-refractivity contribution is -0.161. The number of hydrogen-bond donors (Lipinski definition) is 3. The molecule has 558 valence electrons. The third-order valence-electron chi connectivity index (χ3n) is 18.1. The van der Waals surface area contributed by atoms with Crippen LogP contribution in [0.2, 0.25) is 0 Å². The van der Waals surface area contributed by atoms with E-state index in [1.807, 2.05) is 0 Å². The maximum absolute atomic E-state index is 13.1. The number of rotatable bonds is 73. The van der Waals surface area contributed by atoms with Gasteiger partial charge in [0.05, 0.1) is 26.4 Å². The summed E-state index contributed by atoms with van der Waals surface area (Å²) in [4.78, 5) is 72.7. The van der Waals surface area contributed by atoms with Crippen molar-refractivity contribution in [3.8, 4) is 0 Å². The maximum atomic E-state index is 13.1. The molecule has 0 aromatic carbocycles. The van der Waals surface area contributed by atoms with Crippen LogP contribution in [0.4, 0.5) is 0 Å². The third-order valence-corrected chi connectivity index (χ3v) is 20.0. The number of carbonyl (C=O) groups is 4. The predicted molar refractivity (Wildman–Crippen MR) is 381 cm³/mol. The highest BCUT2D eigenvalue weighted by Gasteiger charge is 2.30. The van der Waals surface area contributed by atoms with Crippen molar-refractivity contribution in [1.29, 1.82) is 0 Å². The van der Waals surface area contributed by atoms with Gasteiger partial charge in [-0.3, -0.25) is 37.3 Å². The highest BCUT2D eigenvalue weighted by Crippen LogP contribution is 2.45. The second-order valence-electron chi connectivity index (χ2n) is 28.0. The van der Waals surface area contributed by atoms with Crippen molar-refractivity contribution in [1.82, 2.24) is 0 Å². The molecule has 7 atom stereocenters. The number of aliphatic hydroxyl groups is 1. The van der Waals surface area contributed by atoms with E-state index >= 15 is 0 Å². The number of hydrogen-bond acceptors (Lipinski definition) is 15. The van der Waals surface area contributed by atoms with Gasteiger partial charge in [0.2, 0.25) is 0 Å². The lowest BCUT2D eigenvalue weighted by Crippen LogP contribution is -2.30. The van der Waals surface area contributed by atoms with Crippen LogP contribution in [-0.2, 0) is 65.4 Å². The molecule has 0 aliphatic rings. The van der Waals surface area contributed by atoms with Gasteiger partial charge in [0.1, 0.15) is 19.3 Å². The first-order valence-electron chi connectivity index (χ1n) is 38.9. The minimum absolute atomic E-state index is 0.102. The highest BCUT2D eigenvalue weighted by atomic mass is 31.2. The molecular formula is C75H146O17P2. The van der Waals surface area contributed by atoms with Gasteiger partial charge in [0.15, 0.2) is 12.2 Å². The summed E-state index contributed by atoms with van der Waals surface area (Å²) >= 11 is 0. The summed E-state index contributed by atoms with van der Waals surface area (Å²) in [5.41, 5.74) is 0. The zero-order valence-corrected chi connectivity index (χ0v) is 63.2. The number of ether oxygens (including phenoxy) is 4. The van der Waals surface area contributed by atoms with Crippen LogP contribution in [0.5, 0.6) is 0 Å². The smallest absolute Gasteiger partial charge is 0.462 e. The summed E-state index contributed by atoms with van der Waals surface area (Å²) < 4.78 is 68.4. The van der Waals surface area contributed by atoms with Gasteiger partial charge in [-0.2, -0.15) is 0 Å². The van der Waals surface area contributed by atoms with Crippen molar-refractivity contribution in [3.05, 3.63) is 0 Å². The van der Waals surface area contributed by atoms with E-state index in [2.05, 4.69) is 48.5 Å². The molecule has 0 aromatic rings. The third kappa shape index (κ3) is 66.0. The molecule has 0 aliphatic carbocycles. The Balaban J connectivity index is 5.23.